The summed E-state index contributed by atoms with van der Waals surface area (Å²) in [4.78, 5) is 0. The molecule has 4 aromatic rings. The number of hydrogen-bond donors (Lipinski definition) is 1. The Kier molecular flexibility index (Phi) is 2.95. The largest absolute Gasteiger partial charge is 0.399 e. The summed E-state index contributed by atoms with van der Waals surface area (Å²) in [6, 6.07) is 15.9. The van der Waals surface area contributed by atoms with Gasteiger partial charge in [-0.05, 0) is 34.3 Å². The van der Waals surface area contributed by atoms with E-state index in [0.29, 0.717) is 11.1 Å². The highest BCUT2D eigenvalue weighted by Crippen LogP contribution is 2.19. The van der Waals surface area contributed by atoms with Crippen molar-refractivity contribution in [3.8, 4) is 22.3 Å². The molecule has 0 saturated heterocycles. The van der Waals surface area contributed by atoms with Gasteiger partial charge in [0.25, 0.3) is 0 Å². The van der Waals surface area contributed by atoms with Gasteiger partial charge in [0, 0.05) is 5.69 Å². The van der Waals surface area contributed by atoms with Gasteiger partial charge in [-0.25, -0.2) is 0 Å². The normalized spacial score (nSPS) is 14.8. The maximum atomic E-state index is 7.84. The number of hydrogen-bond acceptors (Lipinski definition) is 1. The van der Waals surface area contributed by atoms with Crippen LogP contribution in [0, 0.1) is 0 Å². The fourth-order valence-electron chi connectivity index (χ4n) is 2.07. The molecular formula is C24H21N. The molecule has 0 aromatic heterocycles. The van der Waals surface area contributed by atoms with Crippen molar-refractivity contribution in [3.63, 3.8) is 0 Å². The van der Waals surface area contributed by atoms with Crippen LogP contribution in [0.4, 0.5) is 5.69 Å². The van der Waals surface area contributed by atoms with Gasteiger partial charge in [0.2, 0.25) is 0 Å². The van der Waals surface area contributed by atoms with Crippen molar-refractivity contribution in [1.29, 1.82) is 0 Å². The Morgan fingerprint density at radius 3 is 1.40 bits per heavy atom. The molecule has 0 aliphatic rings. The second-order valence-corrected chi connectivity index (χ2v) is 5.02. The summed E-state index contributed by atoms with van der Waals surface area (Å²) in [7, 11) is 0. The van der Waals surface area contributed by atoms with Crippen molar-refractivity contribution in [2.24, 2.45) is 0 Å². The molecule has 1 nitrogen and oxygen atoms in total. The monoisotopic (exact) mass is 332 g/mol. The molecule has 2 N–H and O–H groups in total. The molecule has 0 heterocycles. The molecule has 0 aliphatic carbocycles. The first-order chi connectivity index (χ1) is 16.1. The minimum absolute atomic E-state index is 0.102. The summed E-state index contributed by atoms with van der Waals surface area (Å²) in [5, 5.41) is 0. The van der Waals surface area contributed by atoms with Gasteiger partial charge >= 0.3 is 0 Å². The molecule has 4 aromatic carbocycles. The van der Waals surface area contributed by atoms with E-state index < -0.39 is 0 Å². The third-order valence-corrected chi connectivity index (χ3v) is 3.27. The van der Waals surface area contributed by atoms with E-state index in [0.717, 1.165) is 0 Å². The van der Waals surface area contributed by atoms with Gasteiger partial charge in [-0.1, -0.05) is 103 Å². The van der Waals surface area contributed by atoms with Crippen LogP contribution < -0.4 is 5.73 Å². The van der Waals surface area contributed by atoms with E-state index in [-0.39, 0.29) is 71.2 Å². The molecule has 122 valence electrons. The number of nitrogen functional groups attached to an aromatic ring is 1. The fourth-order valence-corrected chi connectivity index (χ4v) is 2.07. The third kappa shape index (κ3) is 4.82. The van der Waals surface area contributed by atoms with E-state index in [4.69, 9.17) is 18.1 Å². The second-order valence-electron chi connectivity index (χ2n) is 5.02. The molecule has 25 heavy (non-hydrogen) atoms. The Balaban J connectivity index is 0.000000191. The molecule has 0 amide bonds. The Labute approximate surface area is 162 Å². The molecular weight excluding hydrogens is 302 g/mol. The Hall–Kier alpha value is -3.32. The van der Waals surface area contributed by atoms with Gasteiger partial charge in [-0.3, -0.25) is 0 Å². The smallest absolute Gasteiger partial charge is 0.0645 e. The highest BCUT2D eigenvalue weighted by Gasteiger charge is 1.94. The zero-order valence-electron chi connectivity index (χ0n) is 22.4. The highest BCUT2D eigenvalue weighted by atomic mass is 14.5. The van der Waals surface area contributed by atoms with Gasteiger partial charge < -0.3 is 5.73 Å². The Morgan fingerprint density at radius 2 is 0.920 bits per heavy atom. The zero-order valence-corrected chi connectivity index (χ0v) is 13.4. The molecule has 0 radical (unpaired) electrons. The number of benzene rings is 4. The molecule has 0 unspecified atom stereocenters. The van der Waals surface area contributed by atoms with E-state index in [1.54, 1.807) is 48.5 Å². The predicted molar refractivity (Wildman–Crippen MR) is 108 cm³/mol. The minimum atomic E-state index is -0.361. The van der Waals surface area contributed by atoms with Crippen LogP contribution in [-0.2, 0) is 0 Å². The Bertz CT molecular complexity index is 1180. The molecule has 1 heteroatoms. The molecule has 0 saturated carbocycles. The number of rotatable bonds is 2. The van der Waals surface area contributed by atoms with Gasteiger partial charge in [0.05, 0.1) is 12.3 Å². The van der Waals surface area contributed by atoms with Gasteiger partial charge in [-0.15, -0.1) is 0 Å². The SMILES string of the molecule is [2H]c1c([2H])c(-c2ccccc2)c([2H])c([2H])c1N.[2H]c1c([2H])c([2H])c(-c2ccccc2)c([2H])c1[2H]. The van der Waals surface area contributed by atoms with Crippen LogP contribution in [0.2, 0.25) is 0 Å². The van der Waals surface area contributed by atoms with Crippen molar-refractivity contribution in [2.45, 2.75) is 0 Å². The van der Waals surface area contributed by atoms with Crippen LogP contribution in [0.3, 0.4) is 0 Å². The summed E-state index contributed by atoms with van der Waals surface area (Å²) in [6.07, 6.45) is 0. The van der Waals surface area contributed by atoms with Gasteiger partial charge in [-0.2, -0.15) is 0 Å². The summed E-state index contributed by atoms with van der Waals surface area (Å²) < 4.78 is 69.2. The van der Waals surface area contributed by atoms with Crippen LogP contribution in [0.1, 0.15) is 12.3 Å². The number of anilines is 1. The topological polar surface area (TPSA) is 26.0 Å². The van der Waals surface area contributed by atoms with Crippen molar-refractivity contribution in [2.75, 3.05) is 5.73 Å². The Morgan fingerprint density at radius 1 is 0.480 bits per heavy atom. The average Bonchev–Trinajstić information content (AvgIpc) is 2.86. The van der Waals surface area contributed by atoms with E-state index in [2.05, 4.69) is 0 Å². The van der Waals surface area contributed by atoms with Gasteiger partial charge in [0.15, 0.2) is 0 Å². The maximum absolute atomic E-state index is 7.84. The van der Waals surface area contributed by atoms with E-state index in [1.165, 1.54) is 0 Å². The predicted octanol–water partition coefficient (Wildman–Crippen LogP) is 6.29. The summed E-state index contributed by atoms with van der Waals surface area (Å²) in [5.74, 6) is 0. The van der Waals surface area contributed by atoms with Crippen LogP contribution in [0.5, 0.6) is 0 Å². The fraction of sp³-hybridized carbons (Fsp3) is 0. The first-order valence-electron chi connectivity index (χ1n) is 12.1. The molecule has 0 bridgehead atoms. The molecule has 0 aliphatic heterocycles. The first kappa shape index (κ1) is 8.68. The standard InChI is InChI=1S/C12H11N.C12H10/c13-12-8-6-11(7-9-12)10-4-2-1-3-5-10;1-3-7-11(8-4-1)12-9-5-2-6-10-12/h1-9H,13H2;1-10H/i6D,7D,8D,9D;1D,3D,4D,7D,8D. The molecule has 0 fully saturated rings. The number of nitrogens with two attached hydrogens (primary N) is 1. The van der Waals surface area contributed by atoms with Gasteiger partial charge in [0.1, 0.15) is 0 Å². The lowest BCUT2D eigenvalue weighted by atomic mass is 10.1. The second kappa shape index (κ2) is 8.51. The highest BCUT2D eigenvalue weighted by molar-refractivity contribution is 5.65. The lowest BCUT2D eigenvalue weighted by Crippen LogP contribution is -1.83. The van der Waals surface area contributed by atoms with E-state index in [9.17, 15) is 0 Å². The lowest BCUT2D eigenvalue weighted by Gasteiger charge is -2.00. The quantitative estimate of drug-likeness (QED) is 0.429. The molecule has 0 atom stereocenters. The van der Waals surface area contributed by atoms with Crippen molar-refractivity contribution >= 4 is 5.69 Å². The maximum Gasteiger partial charge on any atom is 0.0645 e. The molecule has 0 spiro atoms. The first-order valence-corrected chi connectivity index (χ1v) is 7.61. The van der Waals surface area contributed by atoms with Crippen molar-refractivity contribution in [3.05, 3.63) is 115 Å². The summed E-state index contributed by atoms with van der Waals surface area (Å²) in [6.45, 7) is 0. The minimum Gasteiger partial charge on any atom is -0.399 e. The van der Waals surface area contributed by atoms with Crippen LogP contribution >= 0.6 is 0 Å². The zero-order chi connectivity index (χ0) is 25.2. The summed E-state index contributed by atoms with van der Waals surface area (Å²) >= 11 is 0. The van der Waals surface area contributed by atoms with Crippen LogP contribution in [0.25, 0.3) is 22.3 Å². The van der Waals surface area contributed by atoms with Crippen LogP contribution in [0.15, 0.2) is 115 Å². The van der Waals surface area contributed by atoms with Crippen molar-refractivity contribution < 1.29 is 12.3 Å². The third-order valence-electron chi connectivity index (χ3n) is 3.27. The average molecular weight is 332 g/mol. The van der Waals surface area contributed by atoms with E-state index in [1.807, 2.05) is 12.1 Å². The van der Waals surface area contributed by atoms with Crippen LogP contribution in [-0.4, -0.2) is 0 Å². The van der Waals surface area contributed by atoms with Crippen molar-refractivity contribution in [1.82, 2.24) is 0 Å². The van der Waals surface area contributed by atoms with E-state index >= 15 is 0 Å². The lowest BCUT2D eigenvalue weighted by molar-refractivity contribution is 1.61. The molecule has 4 rings (SSSR count). The summed E-state index contributed by atoms with van der Waals surface area (Å²) in [5.41, 5.74) is 7.22.